The molecule has 2 N–H and O–H groups in total. The number of hydrogen-bond donors (Lipinski definition) is 2. The molecule has 1 aromatic carbocycles. The van der Waals surface area contributed by atoms with Crippen molar-refractivity contribution in [1.82, 2.24) is 9.97 Å². The molecule has 2 saturated heterocycles. The van der Waals surface area contributed by atoms with Gasteiger partial charge in [0.05, 0.1) is 16.1 Å². The number of aromatic carboxylic acids is 1. The number of carbonyl (C=O) groups excluding carboxylic acids is 2. The lowest BCUT2D eigenvalue weighted by molar-refractivity contribution is -0.000512. The molecule has 0 radical (unpaired) electrons. The highest BCUT2D eigenvalue weighted by Gasteiger charge is 2.45. The van der Waals surface area contributed by atoms with E-state index in [-0.39, 0.29) is 22.1 Å². The first-order chi connectivity index (χ1) is 21.3. The maximum absolute atomic E-state index is 13.7. The molecular formula is C33H31N5O5S. The molecule has 0 atom stereocenters. The van der Waals surface area contributed by atoms with Crippen molar-refractivity contribution in [2.75, 3.05) is 48.0 Å². The van der Waals surface area contributed by atoms with Crippen molar-refractivity contribution in [1.29, 1.82) is 0 Å². The molecule has 0 aliphatic carbocycles. The second-order valence-corrected chi connectivity index (χ2v) is 12.8. The summed E-state index contributed by atoms with van der Waals surface area (Å²) in [6.07, 6.45) is 6.01. The highest BCUT2D eigenvalue weighted by molar-refractivity contribution is 7.17. The molecule has 44 heavy (non-hydrogen) atoms. The predicted octanol–water partition coefficient (Wildman–Crippen LogP) is 5.28. The van der Waals surface area contributed by atoms with Crippen molar-refractivity contribution < 1.29 is 24.2 Å². The van der Waals surface area contributed by atoms with E-state index in [1.807, 2.05) is 19.1 Å². The first-order valence-corrected chi connectivity index (χ1v) is 15.5. The van der Waals surface area contributed by atoms with Gasteiger partial charge in [-0.25, -0.2) is 9.78 Å². The topological polar surface area (TPSA) is 125 Å². The van der Waals surface area contributed by atoms with Gasteiger partial charge in [0.25, 0.3) is 11.8 Å². The molecule has 2 fully saturated rings. The molecule has 3 aliphatic rings. The van der Waals surface area contributed by atoms with Gasteiger partial charge in [-0.15, -0.1) is 11.3 Å². The average molecular weight is 610 g/mol. The van der Waals surface area contributed by atoms with Crippen molar-refractivity contribution in [2.45, 2.75) is 26.2 Å². The van der Waals surface area contributed by atoms with Crippen LogP contribution in [0.5, 0.6) is 0 Å². The Labute approximate surface area is 258 Å². The molecule has 0 unspecified atom stereocenters. The lowest BCUT2D eigenvalue weighted by Gasteiger charge is -2.53. The summed E-state index contributed by atoms with van der Waals surface area (Å²) < 4.78 is 5.54. The molecule has 3 aliphatic heterocycles. The van der Waals surface area contributed by atoms with Gasteiger partial charge < -0.3 is 25.0 Å². The second-order valence-electron chi connectivity index (χ2n) is 11.7. The Morgan fingerprint density at radius 2 is 1.82 bits per heavy atom. The number of carbonyl (C=O) groups is 3. The summed E-state index contributed by atoms with van der Waals surface area (Å²) in [6, 6.07) is 14.0. The Balaban J connectivity index is 1.08. The third-order valence-corrected chi connectivity index (χ3v) is 9.88. The predicted molar refractivity (Wildman–Crippen MR) is 168 cm³/mol. The van der Waals surface area contributed by atoms with Crippen LogP contribution < -0.4 is 15.1 Å². The minimum atomic E-state index is -0.973. The van der Waals surface area contributed by atoms with Crippen LogP contribution in [0.2, 0.25) is 0 Å². The molecular weight excluding hydrogens is 578 g/mol. The van der Waals surface area contributed by atoms with Crippen molar-refractivity contribution in [3.8, 4) is 10.6 Å². The van der Waals surface area contributed by atoms with Gasteiger partial charge in [-0.1, -0.05) is 0 Å². The van der Waals surface area contributed by atoms with E-state index in [2.05, 4.69) is 20.2 Å². The Morgan fingerprint density at radius 1 is 1.05 bits per heavy atom. The number of thiophene rings is 1. The molecule has 4 aromatic rings. The Morgan fingerprint density at radius 3 is 2.57 bits per heavy atom. The first kappa shape index (κ1) is 28.2. The van der Waals surface area contributed by atoms with Gasteiger partial charge in [-0.05, 0) is 85.8 Å². The lowest BCUT2D eigenvalue weighted by atomic mass is 9.73. The molecule has 0 bridgehead atoms. The van der Waals surface area contributed by atoms with E-state index < -0.39 is 5.97 Å². The van der Waals surface area contributed by atoms with Gasteiger partial charge in [-0.2, -0.15) is 0 Å². The number of nitrogens with one attached hydrogen (secondary N) is 1. The number of aromatic nitrogens is 2. The number of fused-ring (bicyclic) bond motifs is 3. The molecule has 224 valence electrons. The zero-order valence-electron chi connectivity index (χ0n) is 24.2. The molecule has 2 amide bonds. The summed E-state index contributed by atoms with van der Waals surface area (Å²) in [7, 11) is 0. The minimum Gasteiger partial charge on any atom is -0.477 e. The Hall–Kier alpha value is -4.61. The van der Waals surface area contributed by atoms with Crippen LogP contribution in [-0.2, 0) is 11.2 Å². The molecule has 10 nitrogen and oxygen atoms in total. The Bertz CT molecular complexity index is 1770. The number of anilines is 3. The first-order valence-electron chi connectivity index (χ1n) is 14.6. The van der Waals surface area contributed by atoms with Crippen LogP contribution in [0.15, 0.2) is 60.9 Å². The summed E-state index contributed by atoms with van der Waals surface area (Å²) in [5.41, 5.74) is 4.83. The van der Waals surface area contributed by atoms with Crippen LogP contribution >= 0.6 is 11.3 Å². The van der Waals surface area contributed by atoms with E-state index in [1.165, 1.54) is 11.3 Å². The third kappa shape index (κ3) is 5.11. The van der Waals surface area contributed by atoms with Crippen LogP contribution in [0.25, 0.3) is 10.6 Å². The fourth-order valence-corrected chi connectivity index (χ4v) is 7.39. The van der Waals surface area contributed by atoms with Gasteiger partial charge in [0.2, 0.25) is 0 Å². The van der Waals surface area contributed by atoms with Crippen molar-refractivity contribution in [3.63, 3.8) is 0 Å². The monoisotopic (exact) mass is 609 g/mol. The number of pyridine rings is 2. The quantitative estimate of drug-likeness (QED) is 0.313. The van der Waals surface area contributed by atoms with Crippen molar-refractivity contribution in [2.24, 2.45) is 5.41 Å². The van der Waals surface area contributed by atoms with Crippen molar-refractivity contribution in [3.05, 3.63) is 88.1 Å². The second kappa shape index (κ2) is 11.1. The van der Waals surface area contributed by atoms with Crippen molar-refractivity contribution >= 4 is 46.3 Å². The number of ether oxygens (including phenoxy) is 1. The molecule has 3 aromatic heterocycles. The van der Waals surface area contributed by atoms with E-state index in [0.717, 1.165) is 55.1 Å². The number of hydrogen-bond acceptors (Lipinski definition) is 8. The van der Waals surface area contributed by atoms with Gasteiger partial charge >= 0.3 is 5.97 Å². The Kier molecular flexibility index (Phi) is 7.14. The maximum Gasteiger partial charge on any atom is 0.345 e. The SMILES string of the molecule is Cc1cnc(N2CC3(CCOCC3)C2)c(C(=O)Nc2ccc(C(=O)N3CCc4cc(C(=O)O)sc4-c4ncccc43)cc2)c1. The van der Waals surface area contributed by atoms with Crippen LogP contribution in [-0.4, -0.2) is 65.7 Å². The molecule has 11 heteroatoms. The highest BCUT2D eigenvalue weighted by Crippen LogP contribution is 2.43. The minimum absolute atomic E-state index is 0.198. The summed E-state index contributed by atoms with van der Waals surface area (Å²) in [6.45, 7) is 5.60. The summed E-state index contributed by atoms with van der Waals surface area (Å²) in [4.78, 5) is 52.8. The van der Waals surface area contributed by atoms with Gasteiger partial charge in [0.1, 0.15) is 16.4 Å². The van der Waals surface area contributed by atoms with E-state index in [1.54, 1.807) is 53.7 Å². The van der Waals surface area contributed by atoms with Crippen LogP contribution in [0.3, 0.4) is 0 Å². The number of benzene rings is 1. The fraction of sp³-hybridized carbons (Fsp3) is 0.303. The normalized spacial score (nSPS) is 16.8. The van der Waals surface area contributed by atoms with Crippen LogP contribution in [0.4, 0.5) is 17.2 Å². The zero-order valence-corrected chi connectivity index (χ0v) is 25.0. The zero-order chi connectivity index (χ0) is 30.4. The van der Waals surface area contributed by atoms with Gasteiger partial charge in [-0.3, -0.25) is 14.6 Å². The average Bonchev–Trinajstić information content (AvgIpc) is 3.39. The van der Waals surface area contributed by atoms with E-state index >= 15 is 0 Å². The number of carboxylic acid groups (broad SMARTS) is 1. The molecule has 7 rings (SSSR count). The maximum atomic E-state index is 13.7. The number of rotatable bonds is 5. The van der Waals surface area contributed by atoms with E-state index in [0.29, 0.717) is 47.0 Å². The summed E-state index contributed by atoms with van der Waals surface area (Å²) in [5, 5.41) is 12.5. The van der Waals surface area contributed by atoms with E-state index in [4.69, 9.17) is 4.74 Å². The number of aryl methyl sites for hydroxylation is 1. The molecule has 6 heterocycles. The summed E-state index contributed by atoms with van der Waals surface area (Å²) >= 11 is 1.18. The summed E-state index contributed by atoms with van der Waals surface area (Å²) in [5.74, 6) is -0.729. The number of nitrogens with zero attached hydrogens (tertiary/aromatic N) is 4. The standard InChI is InChI=1S/C33H31N5O5S/c1-20-15-24(29(35-17-20)37-18-33(19-37)9-13-43-14-10-33)30(39)36-23-6-4-21(5-7-23)31(40)38-12-8-22-16-26(32(41)42)44-28(22)27-25(38)3-2-11-34-27/h2-7,11,15-17H,8-10,12-14,18-19H2,1H3,(H,36,39)(H,41,42). The smallest absolute Gasteiger partial charge is 0.345 e. The molecule has 0 saturated carbocycles. The van der Waals surface area contributed by atoms with Gasteiger partial charge in [0, 0.05) is 61.9 Å². The van der Waals surface area contributed by atoms with Gasteiger partial charge in [0.15, 0.2) is 0 Å². The lowest BCUT2D eigenvalue weighted by Crippen LogP contribution is -2.59. The van der Waals surface area contributed by atoms with E-state index in [9.17, 15) is 19.5 Å². The largest absolute Gasteiger partial charge is 0.477 e. The number of amides is 2. The fourth-order valence-electron chi connectivity index (χ4n) is 6.34. The van der Waals surface area contributed by atoms with Crippen LogP contribution in [0.1, 0.15) is 54.4 Å². The molecule has 1 spiro atoms. The highest BCUT2D eigenvalue weighted by atomic mass is 32.1. The third-order valence-electron chi connectivity index (χ3n) is 8.71. The number of carboxylic acids is 1. The van der Waals surface area contributed by atoms with Crippen LogP contribution in [0, 0.1) is 12.3 Å².